The third-order valence-corrected chi connectivity index (χ3v) is 5.82. The Kier molecular flexibility index (Phi) is 6.27. The highest BCUT2D eigenvalue weighted by atomic mass is 16.1. The van der Waals surface area contributed by atoms with Crippen LogP contribution in [0, 0.1) is 17.2 Å². The number of hydrogen-bond acceptors (Lipinski definition) is 3. The number of H-pyrrole nitrogens is 1. The van der Waals surface area contributed by atoms with Crippen LogP contribution in [0.5, 0.6) is 0 Å². The Labute approximate surface area is 176 Å². The highest BCUT2D eigenvalue weighted by Gasteiger charge is 2.26. The van der Waals surface area contributed by atoms with E-state index in [1.165, 1.54) is 0 Å². The van der Waals surface area contributed by atoms with E-state index in [0.717, 1.165) is 54.5 Å². The number of pyridine rings is 1. The van der Waals surface area contributed by atoms with Crippen molar-refractivity contribution < 1.29 is 4.79 Å². The molecule has 0 aliphatic heterocycles. The van der Waals surface area contributed by atoms with Gasteiger partial charge in [-0.05, 0) is 49.3 Å². The Hall–Kier alpha value is -3.35. The van der Waals surface area contributed by atoms with Crippen molar-refractivity contribution in [1.29, 1.82) is 5.41 Å². The van der Waals surface area contributed by atoms with Crippen LogP contribution in [0.15, 0.2) is 54.9 Å². The van der Waals surface area contributed by atoms with Gasteiger partial charge in [0.2, 0.25) is 5.91 Å². The summed E-state index contributed by atoms with van der Waals surface area (Å²) in [7, 11) is 0. The standard InChI is InChI=1S/C23H28N6O/c24-23(27-14-16-4-2-1-3-5-16)28-15-17-6-8-18(9-7-17)22(30)29-20-11-13-26-21-19(20)10-12-25-21/h1-5,10-13,17-18H,6-9,14-15H2,(H3,24,27,28)(H2,25,26,29,30)/t17-,18-. The molecular formula is C23H28N6O. The number of benzene rings is 1. The second-order valence-electron chi connectivity index (χ2n) is 7.90. The minimum atomic E-state index is 0.0408. The second kappa shape index (κ2) is 9.43. The lowest BCUT2D eigenvalue weighted by molar-refractivity contribution is -0.121. The summed E-state index contributed by atoms with van der Waals surface area (Å²) in [5.41, 5.74) is 2.75. The molecular weight excluding hydrogens is 376 g/mol. The first-order valence-electron chi connectivity index (χ1n) is 10.5. The molecule has 0 bridgehead atoms. The Morgan fingerprint density at radius 3 is 2.67 bits per heavy atom. The van der Waals surface area contributed by atoms with Crippen LogP contribution in [-0.2, 0) is 11.3 Å². The summed E-state index contributed by atoms with van der Waals surface area (Å²) in [5.74, 6) is 0.976. The average molecular weight is 405 g/mol. The van der Waals surface area contributed by atoms with Crippen molar-refractivity contribution in [3.63, 3.8) is 0 Å². The molecule has 7 nitrogen and oxygen atoms in total. The molecule has 156 valence electrons. The lowest BCUT2D eigenvalue weighted by Gasteiger charge is -2.28. The van der Waals surface area contributed by atoms with Crippen LogP contribution in [0.2, 0.25) is 0 Å². The van der Waals surface area contributed by atoms with Gasteiger partial charge in [0.15, 0.2) is 5.96 Å². The van der Waals surface area contributed by atoms with Gasteiger partial charge < -0.3 is 20.9 Å². The topological polar surface area (TPSA) is 106 Å². The summed E-state index contributed by atoms with van der Waals surface area (Å²) in [5, 5.41) is 18.4. The fourth-order valence-electron chi connectivity index (χ4n) is 4.03. The van der Waals surface area contributed by atoms with Crippen molar-refractivity contribution in [1.82, 2.24) is 20.6 Å². The molecule has 2 aromatic heterocycles. The van der Waals surface area contributed by atoms with Crippen LogP contribution in [-0.4, -0.2) is 28.4 Å². The van der Waals surface area contributed by atoms with Crippen LogP contribution < -0.4 is 16.0 Å². The zero-order valence-electron chi connectivity index (χ0n) is 16.9. The quantitative estimate of drug-likeness (QED) is 0.320. The number of aromatic nitrogens is 2. The molecule has 0 saturated heterocycles. The highest BCUT2D eigenvalue weighted by molar-refractivity contribution is 6.00. The molecule has 1 aliphatic rings. The maximum Gasteiger partial charge on any atom is 0.227 e. The number of carbonyl (C=O) groups excluding carboxylic acids is 1. The first-order valence-corrected chi connectivity index (χ1v) is 10.5. The van der Waals surface area contributed by atoms with Crippen molar-refractivity contribution in [3.05, 3.63) is 60.4 Å². The summed E-state index contributed by atoms with van der Waals surface area (Å²) >= 11 is 0. The monoisotopic (exact) mass is 404 g/mol. The molecule has 7 heteroatoms. The molecule has 4 rings (SSSR count). The van der Waals surface area contributed by atoms with E-state index >= 15 is 0 Å². The number of nitrogens with zero attached hydrogens (tertiary/aromatic N) is 1. The van der Waals surface area contributed by atoms with Crippen molar-refractivity contribution in [2.75, 3.05) is 11.9 Å². The van der Waals surface area contributed by atoms with Crippen LogP contribution in [0.3, 0.4) is 0 Å². The van der Waals surface area contributed by atoms with Crippen LogP contribution in [0.1, 0.15) is 31.2 Å². The number of guanidine groups is 1. The molecule has 30 heavy (non-hydrogen) atoms. The van der Waals surface area contributed by atoms with Crippen molar-refractivity contribution in [2.24, 2.45) is 11.8 Å². The molecule has 0 radical (unpaired) electrons. The van der Waals surface area contributed by atoms with E-state index in [4.69, 9.17) is 5.41 Å². The predicted molar refractivity (Wildman–Crippen MR) is 119 cm³/mol. The first kappa shape index (κ1) is 19.9. The minimum Gasteiger partial charge on any atom is -0.356 e. The lowest BCUT2D eigenvalue weighted by Crippen LogP contribution is -2.39. The summed E-state index contributed by atoms with van der Waals surface area (Å²) in [6.07, 6.45) is 7.28. The molecule has 1 saturated carbocycles. The van der Waals surface area contributed by atoms with E-state index in [9.17, 15) is 4.79 Å². The number of fused-ring (bicyclic) bond motifs is 1. The van der Waals surface area contributed by atoms with Crippen LogP contribution >= 0.6 is 0 Å². The van der Waals surface area contributed by atoms with Crippen molar-refractivity contribution in [3.8, 4) is 0 Å². The molecule has 1 amide bonds. The van der Waals surface area contributed by atoms with E-state index in [-0.39, 0.29) is 11.8 Å². The minimum absolute atomic E-state index is 0.0408. The fraction of sp³-hybridized carbons (Fsp3) is 0.348. The number of rotatable bonds is 6. The molecule has 0 atom stereocenters. The summed E-state index contributed by atoms with van der Waals surface area (Å²) < 4.78 is 0. The Morgan fingerprint density at radius 1 is 1.07 bits per heavy atom. The third kappa shape index (κ3) is 4.97. The van der Waals surface area contributed by atoms with Gasteiger partial charge in [0.05, 0.1) is 5.69 Å². The van der Waals surface area contributed by atoms with Gasteiger partial charge in [0.25, 0.3) is 0 Å². The molecule has 5 N–H and O–H groups in total. The van der Waals surface area contributed by atoms with Crippen molar-refractivity contribution in [2.45, 2.75) is 32.2 Å². The van der Waals surface area contributed by atoms with Gasteiger partial charge in [-0.3, -0.25) is 10.2 Å². The van der Waals surface area contributed by atoms with E-state index in [1.54, 1.807) is 6.20 Å². The zero-order valence-corrected chi connectivity index (χ0v) is 16.9. The molecule has 2 heterocycles. The summed E-state index contributed by atoms with van der Waals surface area (Å²) in [4.78, 5) is 20.1. The number of carbonyl (C=O) groups is 1. The number of aromatic amines is 1. The normalized spacial score (nSPS) is 18.7. The smallest absolute Gasteiger partial charge is 0.227 e. The molecule has 3 aromatic rings. The van der Waals surface area contributed by atoms with E-state index in [2.05, 4.69) is 25.9 Å². The molecule has 1 aliphatic carbocycles. The maximum atomic E-state index is 12.7. The Balaban J connectivity index is 1.19. The third-order valence-electron chi connectivity index (χ3n) is 5.82. The maximum absolute atomic E-state index is 12.7. The average Bonchev–Trinajstić information content (AvgIpc) is 3.27. The number of hydrogen-bond donors (Lipinski definition) is 5. The Bertz CT molecular complexity index is 991. The molecule has 0 spiro atoms. The number of amides is 1. The highest BCUT2D eigenvalue weighted by Crippen LogP contribution is 2.30. The predicted octanol–water partition coefficient (Wildman–Crippen LogP) is 3.62. The first-order chi connectivity index (χ1) is 14.7. The van der Waals surface area contributed by atoms with E-state index in [0.29, 0.717) is 18.4 Å². The SMILES string of the molecule is N=C(NCc1ccccc1)NC[C@H]1CC[C@H](C(=O)Nc2ccnc3[nH]ccc23)CC1. The van der Waals surface area contributed by atoms with Crippen LogP contribution in [0.4, 0.5) is 5.69 Å². The molecule has 1 fully saturated rings. The lowest BCUT2D eigenvalue weighted by atomic mass is 9.81. The molecule has 1 aromatic carbocycles. The van der Waals surface area contributed by atoms with E-state index < -0.39 is 0 Å². The van der Waals surface area contributed by atoms with Gasteiger partial charge >= 0.3 is 0 Å². The van der Waals surface area contributed by atoms with E-state index in [1.807, 2.05) is 48.7 Å². The largest absolute Gasteiger partial charge is 0.356 e. The van der Waals surface area contributed by atoms with Gasteiger partial charge in [0, 0.05) is 36.8 Å². The van der Waals surface area contributed by atoms with Gasteiger partial charge in [-0.2, -0.15) is 0 Å². The van der Waals surface area contributed by atoms with Gasteiger partial charge in [0.1, 0.15) is 5.65 Å². The summed E-state index contributed by atoms with van der Waals surface area (Å²) in [6, 6.07) is 13.8. The number of anilines is 1. The summed E-state index contributed by atoms with van der Waals surface area (Å²) in [6.45, 7) is 1.41. The second-order valence-corrected chi connectivity index (χ2v) is 7.90. The number of nitrogens with one attached hydrogen (secondary N) is 5. The zero-order chi connectivity index (χ0) is 20.8. The molecule has 0 unspecified atom stereocenters. The van der Waals surface area contributed by atoms with Crippen molar-refractivity contribution >= 4 is 28.6 Å². The van der Waals surface area contributed by atoms with Gasteiger partial charge in [-0.15, -0.1) is 0 Å². The van der Waals surface area contributed by atoms with Gasteiger partial charge in [-0.1, -0.05) is 30.3 Å². The van der Waals surface area contributed by atoms with Gasteiger partial charge in [-0.25, -0.2) is 4.98 Å². The fourth-order valence-corrected chi connectivity index (χ4v) is 4.03. The van der Waals surface area contributed by atoms with Crippen LogP contribution in [0.25, 0.3) is 11.0 Å². The Morgan fingerprint density at radius 2 is 1.87 bits per heavy atom.